The van der Waals surface area contributed by atoms with Gasteiger partial charge in [0.15, 0.2) is 0 Å². The summed E-state index contributed by atoms with van der Waals surface area (Å²) in [6.07, 6.45) is 0. The topological polar surface area (TPSA) is 132 Å². The predicted molar refractivity (Wildman–Crippen MR) is 163 cm³/mol. The highest BCUT2D eigenvalue weighted by atomic mass is 35.5. The van der Waals surface area contributed by atoms with E-state index in [2.05, 4.69) is 0 Å². The number of methoxy groups -OCH3 is 3. The predicted octanol–water partition coefficient (Wildman–Crippen LogP) is 7.85. The second kappa shape index (κ2) is 17.2. The summed E-state index contributed by atoms with van der Waals surface area (Å²) in [4.78, 5) is 0. The number of hydrogen-bond donors (Lipinski definition) is 4. The Morgan fingerprint density at radius 3 is 1.56 bits per heavy atom. The Kier molecular flexibility index (Phi) is 14.8. The van der Waals surface area contributed by atoms with Gasteiger partial charge in [-0.25, -0.2) is 4.39 Å². The van der Waals surface area contributed by atoms with Crippen molar-refractivity contribution < 1.29 is 18.6 Å². The van der Waals surface area contributed by atoms with Crippen LogP contribution in [0.5, 0.6) is 17.2 Å². The third-order valence-electron chi connectivity index (χ3n) is 4.51. The molecule has 8 N–H and O–H groups in total. The Hall–Kier alpha value is -3.43. The van der Waals surface area contributed by atoms with Crippen molar-refractivity contribution in [3.05, 3.63) is 98.7 Å². The molecule has 4 aromatic rings. The van der Waals surface area contributed by atoms with Gasteiger partial charge in [0.05, 0.1) is 47.8 Å². The molecular formula is C27H29Cl4FN4O3. The minimum atomic E-state index is -0.439. The van der Waals surface area contributed by atoms with Crippen LogP contribution in [0.25, 0.3) is 0 Å². The van der Waals surface area contributed by atoms with Crippen LogP contribution in [0.3, 0.4) is 0 Å². The maximum absolute atomic E-state index is 12.3. The van der Waals surface area contributed by atoms with E-state index in [-0.39, 0.29) is 5.02 Å². The maximum atomic E-state index is 12.3. The van der Waals surface area contributed by atoms with Crippen molar-refractivity contribution in [3.8, 4) is 17.2 Å². The van der Waals surface area contributed by atoms with Gasteiger partial charge in [-0.2, -0.15) is 0 Å². The average molecular weight is 618 g/mol. The van der Waals surface area contributed by atoms with Gasteiger partial charge in [0, 0.05) is 22.5 Å². The highest BCUT2D eigenvalue weighted by molar-refractivity contribution is 6.33. The summed E-state index contributed by atoms with van der Waals surface area (Å²) in [7, 11) is 4.72. The maximum Gasteiger partial charge on any atom is 0.141 e. The van der Waals surface area contributed by atoms with Gasteiger partial charge in [-0.05, 0) is 66.7 Å². The second-order valence-corrected chi connectivity index (χ2v) is 9.00. The Balaban J connectivity index is 0.000000260. The quantitative estimate of drug-likeness (QED) is 0.172. The fourth-order valence-corrected chi connectivity index (χ4v) is 3.30. The minimum Gasteiger partial charge on any atom is -0.497 e. The van der Waals surface area contributed by atoms with E-state index in [9.17, 15) is 4.39 Å². The number of nitrogen functional groups attached to an aromatic ring is 4. The molecule has 0 aliphatic carbocycles. The first kappa shape index (κ1) is 33.6. The summed E-state index contributed by atoms with van der Waals surface area (Å²) in [5.41, 5.74) is 24.0. The summed E-state index contributed by atoms with van der Waals surface area (Å²) < 4.78 is 27.1. The molecule has 0 fully saturated rings. The molecule has 0 radical (unpaired) electrons. The zero-order chi connectivity index (χ0) is 29.5. The largest absolute Gasteiger partial charge is 0.497 e. The van der Waals surface area contributed by atoms with E-state index >= 15 is 0 Å². The molecule has 7 nitrogen and oxygen atoms in total. The van der Waals surface area contributed by atoms with Gasteiger partial charge >= 0.3 is 0 Å². The first-order valence-corrected chi connectivity index (χ1v) is 12.4. The summed E-state index contributed by atoms with van der Waals surface area (Å²) in [5.74, 6) is 1.59. The fraction of sp³-hybridized carbons (Fsp3) is 0.111. The van der Waals surface area contributed by atoms with Gasteiger partial charge in [0.25, 0.3) is 0 Å². The molecule has 0 bridgehead atoms. The smallest absolute Gasteiger partial charge is 0.141 e. The first-order valence-electron chi connectivity index (χ1n) is 10.9. The van der Waals surface area contributed by atoms with Crippen LogP contribution in [0.2, 0.25) is 20.1 Å². The van der Waals surface area contributed by atoms with E-state index in [0.717, 1.165) is 5.75 Å². The molecule has 0 aliphatic rings. The first-order chi connectivity index (χ1) is 18.4. The Morgan fingerprint density at radius 1 is 0.538 bits per heavy atom. The molecule has 0 unspecified atom stereocenters. The zero-order valence-electron chi connectivity index (χ0n) is 21.4. The van der Waals surface area contributed by atoms with Gasteiger partial charge in [-0.1, -0.05) is 46.4 Å². The van der Waals surface area contributed by atoms with Crippen LogP contribution in [-0.2, 0) is 0 Å². The Labute approximate surface area is 247 Å². The third kappa shape index (κ3) is 12.3. The summed E-state index contributed by atoms with van der Waals surface area (Å²) in [6.45, 7) is 0. The number of rotatable bonds is 3. The molecule has 210 valence electrons. The molecule has 0 aromatic heterocycles. The van der Waals surface area contributed by atoms with E-state index in [1.807, 2.05) is 0 Å². The number of halogens is 5. The van der Waals surface area contributed by atoms with Crippen LogP contribution in [0.4, 0.5) is 27.1 Å². The molecule has 0 heterocycles. The van der Waals surface area contributed by atoms with Crippen LogP contribution < -0.4 is 37.1 Å². The van der Waals surface area contributed by atoms with Crippen LogP contribution in [-0.4, -0.2) is 21.3 Å². The molecule has 0 saturated carbocycles. The van der Waals surface area contributed by atoms with Crippen LogP contribution >= 0.6 is 46.4 Å². The van der Waals surface area contributed by atoms with E-state index in [0.29, 0.717) is 49.3 Å². The standard InChI is InChI=1S/3C7H8ClNO.C6H5ClFN/c1-10-7-3-2-5(9)4-6(7)8;1-10-7-3-2-5(8)4-6(7)9;1-10-5-2-3-6(8)7(9)4-5;7-5-3-4(9)1-2-6(5)8/h3*2-4H,9H2,1H3;1-3H,9H2. The van der Waals surface area contributed by atoms with Crippen molar-refractivity contribution in [2.75, 3.05) is 44.3 Å². The van der Waals surface area contributed by atoms with E-state index < -0.39 is 5.82 Å². The third-order valence-corrected chi connectivity index (χ3v) is 5.68. The molecule has 0 spiro atoms. The number of benzene rings is 4. The number of ether oxygens (including phenoxy) is 3. The molecule has 0 aliphatic heterocycles. The van der Waals surface area contributed by atoms with Crippen molar-refractivity contribution in [2.45, 2.75) is 0 Å². The van der Waals surface area contributed by atoms with Gasteiger partial charge in [-0.15, -0.1) is 0 Å². The lowest BCUT2D eigenvalue weighted by molar-refractivity contribution is 0.415. The van der Waals surface area contributed by atoms with Gasteiger partial charge < -0.3 is 37.1 Å². The van der Waals surface area contributed by atoms with E-state index in [1.165, 1.54) is 18.2 Å². The summed E-state index contributed by atoms with van der Waals surface area (Å²) in [5, 5.41) is 1.79. The highest BCUT2D eigenvalue weighted by Gasteiger charge is 1.99. The van der Waals surface area contributed by atoms with Crippen LogP contribution in [0, 0.1) is 5.82 Å². The van der Waals surface area contributed by atoms with Crippen LogP contribution in [0.1, 0.15) is 0 Å². The Bertz CT molecular complexity index is 1300. The minimum absolute atomic E-state index is 0.0648. The van der Waals surface area contributed by atoms with Crippen molar-refractivity contribution in [1.29, 1.82) is 0 Å². The molecule has 4 rings (SSSR count). The van der Waals surface area contributed by atoms with Crippen molar-refractivity contribution in [3.63, 3.8) is 0 Å². The molecule has 0 saturated heterocycles. The van der Waals surface area contributed by atoms with Gasteiger partial charge in [0.2, 0.25) is 0 Å². The van der Waals surface area contributed by atoms with Crippen molar-refractivity contribution >= 4 is 69.2 Å². The number of anilines is 4. The lowest BCUT2D eigenvalue weighted by atomic mass is 10.3. The van der Waals surface area contributed by atoms with Crippen molar-refractivity contribution in [2.24, 2.45) is 0 Å². The second-order valence-electron chi connectivity index (χ2n) is 7.34. The van der Waals surface area contributed by atoms with Gasteiger partial charge in [-0.3, -0.25) is 0 Å². The van der Waals surface area contributed by atoms with Crippen LogP contribution in [0.15, 0.2) is 72.8 Å². The number of nitrogens with two attached hydrogens (primary N) is 4. The molecular weight excluding hydrogens is 589 g/mol. The molecule has 0 amide bonds. The number of hydrogen-bond acceptors (Lipinski definition) is 7. The zero-order valence-corrected chi connectivity index (χ0v) is 24.4. The van der Waals surface area contributed by atoms with E-state index in [1.54, 1.807) is 75.9 Å². The van der Waals surface area contributed by atoms with Crippen molar-refractivity contribution in [1.82, 2.24) is 0 Å². The summed E-state index contributed by atoms with van der Waals surface area (Å²) in [6, 6.07) is 19.5. The molecule has 39 heavy (non-hydrogen) atoms. The lowest BCUT2D eigenvalue weighted by Crippen LogP contribution is -1.90. The fourth-order valence-electron chi connectivity index (χ4n) is 2.55. The lowest BCUT2D eigenvalue weighted by Gasteiger charge is -2.02. The van der Waals surface area contributed by atoms with Gasteiger partial charge in [0.1, 0.15) is 23.1 Å². The normalized spacial score (nSPS) is 9.44. The summed E-state index contributed by atoms with van der Waals surface area (Å²) >= 11 is 22.4. The molecule has 4 aromatic carbocycles. The van der Waals surface area contributed by atoms with E-state index in [4.69, 9.17) is 83.5 Å². The monoisotopic (exact) mass is 616 g/mol. The molecule has 12 heteroatoms. The highest BCUT2D eigenvalue weighted by Crippen LogP contribution is 2.26. The molecule has 0 atom stereocenters. The average Bonchev–Trinajstić information content (AvgIpc) is 2.89. The SMILES string of the molecule is COc1ccc(Cl)c(N)c1.COc1ccc(Cl)cc1N.COc1ccc(N)cc1Cl.Nc1ccc(F)c(Cl)c1. The Morgan fingerprint density at radius 2 is 1.10 bits per heavy atom.